The van der Waals surface area contributed by atoms with Crippen molar-refractivity contribution in [1.82, 2.24) is 19.5 Å². The molecule has 0 bridgehead atoms. The second-order valence-corrected chi connectivity index (χ2v) is 8.24. The fraction of sp³-hybridized carbons (Fsp3) is 0.615. The van der Waals surface area contributed by atoms with Gasteiger partial charge in [-0.2, -0.15) is 9.97 Å². The van der Waals surface area contributed by atoms with Crippen molar-refractivity contribution in [1.29, 1.82) is 0 Å². The highest BCUT2D eigenvalue weighted by molar-refractivity contribution is 7.52. The fourth-order valence-electron chi connectivity index (χ4n) is 2.95. The smallest absolute Gasteiger partial charge is 0.354 e. The Morgan fingerprint density at radius 1 is 1.40 bits per heavy atom. The molecule has 6 N–H and O–H groups in total. The molecule has 2 aromatic heterocycles. The second kappa shape index (κ2) is 5.89. The number of nitrogens with zero attached hydrogens (tertiary/aromatic N) is 4. The molecule has 4 rings (SSSR count). The Kier molecular flexibility index (Phi) is 3.93. The number of fused-ring (bicyclic) bond motifs is 1. The van der Waals surface area contributed by atoms with Crippen molar-refractivity contribution in [2.24, 2.45) is 5.92 Å². The molecule has 1 saturated carbocycles. The van der Waals surface area contributed by atoms with Crippen molar-refractivity contribution in [3.8, 4) is 0 Å². The molecule has 3 atom stereocenters. The van der Waals surface area contributed by atoms with Crippen LogP contribution in [0.2, 0.25) is 0 Å². The Balaban J connectivity index is 1.59. The van der Waals surface area contributed by atoms with Gasteiger partial charge in [0.15, 0.2) is 29.1 Å². The third-order valence-corrected chi connectivity index (χ3v) is 5.49. The van der Waals surface area contributed by atoms with Crippen LogP contribution in [0.5, 0.6) is 0 Å². The summed E-state index contributed by atoms with van der Waals surface area (Å²) in [6, 6.07) is 0.372. The molecule has 2 fully saturated rings. The highest BCUT2D eigenvalue weighted by Gasteiger charge is 2.43. The largest absolute Gasteiger partial charge is 0.368 e. The highest BCUT2D eigenvalue weighted by atomic mass is 31.2. The van der Waals surface area contributed by atoms with E-state index in [1.54, 1.807) is 10.9 Å². The van der Waals surface area contributed by atoms with Crippen LogP contribution < -0.4 is 11.1 Å². The predicted molar refractivity (Wildman–Crippen MR) is 87.4 cm³/mol. The van der Waals surface area contributed by atoms with Gasteiger partial charge < -0.3 is 35.2 Å². The Hall–Kier alpha value is -1.78. The topological polar surface area (TPSA) is 169 Å². The van der Waals surface area contributed by atoms with Gasteiger partial charge in [0.25, 0.3) is 0 Å². The van der Waals surface area contributed by atoms with Gasteiger partial charge in [-0.25, -0.2) is 4.98 Å². The lowest BCUT2D eigenvalue weighted by molar-refractivity contribution is -0.0968. The number of aliphatic hydroxyl groups excluding tert-OH is 1. The first-order chi connectivity index (χ1) is 11.8. The van der Waals surface area contributed by atoms with Gasteiger partial charge in [0.05, 0.1) is 6.33 Å². The van der Waals surface area contributed by atoms with Crippen LogP contribution in [0.15, 0.2) is 6.33 Å². The van der Waals surface area contributed by atoms with E-state index in [2.05, 4.69) is 20.3 Å². The van der Waals surface area contributed by atoms with Crippen molar-refractivity contribution in [2.75, 3.05) is 11.1 Å². The summed E-state index contributed by atoms with van der Waals surface area (Å²) in [4.78, 5) is 31.2. The highest BCUT2D eigenvalue weighted by Crippen LogP contribution is 2.49. The van der Waals surface area contributed by atoms with Crippen molar-refractivity contribution in [3.63, 3.8) is 0 Å². The van der Waals surface area contributed by atoms with Crippen molar-refractivity contribution in [2.45, 2.75) is 44.0 Å². The third-order valence-electron chi connectivity index (χ3n) is 4.41. The number of rotatable bonds is 5. The first kappa shape index (κ1) is 16.7. The van der Waals surface area contributed by atoms with Gasteiger partial charge in [-0.05, 0) is 19.3 Å². The Bertz CT molecular complexity index is 849. The number of nitrogens with one attached hydrogen (secondary N) is 1. The lowest BCUT2D eigenvalue weighted by Crippen LogP contribution is -2.20. The summed E-state index contributed by atoms with van der Waals surface area (Å²) in [6.07, 6.45) is 2.47. The zero-order valence-corrected chi connectivity index (χ0v) is 14.1. The van der Waals surface area contributed by atoms with Crippen LogP contribution in [0.25, 0.3) is 11.2 Å². The standard InChI is InChI=1S/C13H19N6O5P/c14-13-17-10(16-7-1-2-7)9-11(18-13)19(5-15-9)4-6-3-8(24-12(6)20)25(21,22)23/h5-8,12,20H,1-4H2,(H2,21,22,23)(H3,14,16,17,18)/t6-,8+,12-/m1/s1. The van der Waals surface area contributed by atoms with E-state index in [9.17, 15) is 19.5 Å². The number of aromatic nitrogens is 4. The van der Waals surface area contributed by atoms with E-state index in [-0.39, 0.29) is 18.9 Å². The van der Waals surface area contributed by atoms with Crippen LogP contribution >= 0.6 is 7.60 Å². The van der Waals surface area contributed by atoms with E-state index in [1.165, 1.54) is 0 Å². The van der Waals surface area contributed by atoms with Gasteiger partial charge in [-0.15, -0.1) is 0 Å². The van der Waals surface area contributed by atoms with Gasteiger partial charge in [0, 0.05) is 18.5 Å². The zero-order chi connectivity index (χ0) is 17.8. The van der Waals surface area contributed by atoms with Crippen LogP contribution in [-0.4, -0.2) is 52.6 Å². The first-order valence-corrected chi connectivity index (χ1v) is 9.63. The summed E-state index contributed by atoms with van der Waals surface area (Å²) in [6.45, 7) is 0.244. The Morgan fingerprint density at radius 3 is 2.80 bits per heavy atom. The summed E-state index contributed by atoms with van der Waals surface area (Å²) in [5.74, 6) is -1.12. The van der Waals surface area contributed by atoms with E-state index >= 15 is 0 Å². The normalized spacial score (nSPS) is 27.1. The molecule has 0 unspecified atom stereocenters. The van der Waals surface area contributed by atoms with Gasteiger partial charge in [0.1, 0.15) is 0 Å². The summed E-state index contributed by atoms with van der Waals surface area (Å²) < 4.78 is 18.0. The van der Waals surface area contributed by atoms with Crippen molar-refractivity contribution >= 4 is 30.5 Å². The van der Waals surface area contributed by atoms with Gasteiger partial charge >= 0.3 is 7.60 Å². The van der Waals surface area contributed by atoms with Gasteiger partial charge in [-0.1, -0.05) is 0 Å². The van der Waals surface area contributed by atoms with E-state index in [1.807, 2.05) is 0 Å². The molecule has 1 aliphatic heterocycles. The Morgan fingerprint density at radius 2 is 2.16 bits per heavy atom. The first-order valence-electron chi connectivity index (χ1n) is 7.95. The summed E-state index contributed by atoms with van der Waals surface area (Å²) in [7, 11) is -4.41. The number of hydrogen-bond donors (Lipinski definition) is 5. The lowest BCUT2D eigenvalue weighted by atomic mass is 10.1. The van der Waals surface area contributed by atoms with Crippen LogP contribution in [-0.2, 0) is 15.8 Å². The summed E-state index contributed by atoms with van der Waals surface area (Å²) >= 11 is 0. The minimum absolute atomic E-state index is 0.0405. The average Bonchev–Trinajstić information content (AvgIpc) is 3.12. The van der Waals surface area contributed by atoms with E-state index in [4.69, 9.17) is 10.5 Å². The average molecular weight is 370 g/mol. The number of hydrogen-bond acceptors (Lipinski definition) is 8. The maximum Gasteiger partial charge on any atom is 0.354 e. The molecule has 136 valence electrons. The molecule has 2 aliphatic rings. The zero-order valence-electron chi connectivity index (χ0n) is 13.2. The summed E-state index contributed by atoms with van der Waals surface area (Å²) in [5, 5.41) is 13.2. The number of anilines is 2. The number of imidazole rings is 1. The molecule has 1 aliphatic carbocycles. The number of aliphatic hydroxyl groups is 1. The quantitative estimate of drug-likeness (QED) is 0.446. The van der Waals surface area contributed by atoms with Crippen LogP contribution in [0.3, 0.4) is 0 Å². The molecule has 2 aromatic rings. The molecule has 0 radical (unpaired) electrons. The van der Waals surface area contributed by atoms with E-state index < -0.39 is 25.6 Å². The lowest BCUT2D eigenvalue weighted by Gasteiger charge is -2.13. The second-order valence-electron chi connectivity index (χ2n) is 6.48. The van der Waals surface area contributed by atoms with Crippen LogP contribution in [0.1, 0.15) is 19.3 Å². The molecule has 11 nitrogen and oxygen atoms in total. The monoisotopic (exact) mass is 370 g/mol. The minimum Gasteiger partial charge on any atom is -0.368 e. The minimum atomic E-state index is -4.41. The van der Waals surface area contributed by atoms with E-state index in [0.29, 0.717) is 23.0 Å². The summed E-state index contributed by atoms with van der Waals surface area (Å²) in [5.41, 5.74) is 6.86. The molecule has 0 aromatic carbocycles. The Labute approximate surface area is 142 Å². The number of nitrogens with two attached hydrogens (primary N) is 1. The molecule has 25 heavy (non-hydrogen) atoms. The third kappa shape index (κ3) is 3.33. The number of ether oxygens (including phenoxy) is 1. The van der Waals surface area contributed by atoms with Crippen molar-refractivity contribution in [3.05, 3.63) is 6.33 Å². The van der Waals surface area contributed by atoms with E-state index in [0.717, 1.165) is 12.8 Å². The molecule has 12 heteroatoms. The maximum absolute atomic E-state index is 11.3. The molecular formula is C13H19N6O5P. The van der Waals surface area contributed by atoms with Gasteiger partial charge in [0.2, 0.25) is 5.95 Å². The van der Waals surface area contributed by atoms with Crippen molar-refractivity contribution < 1.29 is 24.2 Å². The number of nitrogen functional groups attached to an aromatic ring is 1. The molecule has 1 saturated heterocycles. The SMILES string of the molecule is Nc1nc(NC2CC2)c2ncn(C[C@H]3C[C@H](P(=O)(O)O)O[C@H]3O)c2n1. The predicted octanol–water partition coefficient (Wildman–Crippen LogP) is -0.159. The molecule has 0 spiro atoms. The van der Waals surface area contributed by atoms with Crippen LogP contribution in [0, 0.1) is 5.92 Å². The van der Waals surface area contributed by atoms with Crippen LogP contribution in [0.4, 0.5) is 11.8 Å². The molecule has 3 heterocycles. The molecule has 0 amide bonds. The fourth-order valence-corrected chi connectivity index (χ4v) is 3.78. The van der Waals surface area contributed by atoms with Gasteiger partial charge in [-0.3, -0.25) is 4.57 Å². The molecular weight excluding hydrogens is 351 g/mol. The maximum atomic E-state index is 11.3.